The number of nitrogens with zero attached hydrogens (tertiary/aromatic N) is 4. The minimum Gasteiger partial charge on any atom is -0.277 e. The van der Waals surface area contributed by atoms with Crippen LogP contribution in [0.15, 0.2) is 90.2 Å². The number of hydrogen-bond acceptors (Lipinski definition) is 5. The molecule has 0 fully saturated rings. The monoisotopic (exact) mass is 417 g/mol. The van der Waals surface area contributed by atoms with Gasteiger partial charge < -0.3 is 0 Å². The van der Waals surface area contributed by atoms with Gasteiger partial charge in [0.05, 0.1) is 27.5 Å². The van der Waals surface area contributed by atoms with Gasteiger partial charge in [-0.15, -0.1) is 0 Å². The fourth-order valence-corrected chi connectivity index (χ4v) is 3.06. The molecule has 0 saturated carbocycles. The van der Waals surface area contributed by atoms with E-state index in [-0.39, 0.29) is 5.69 Å². The first-order chi connectivity index (χ1) is 14.6. The first kappa shape index (κ1) is 19.4. The van der Waals surface area contributed by atoms with E-state index in [0.717, 1.165) is 16.8 Å². The highest BCUT2D eigenvalue weighted by molar-refractivity contribution is 6.33. The quantitative estimate of drug-likeness (QED) is 0.253. The van der Waals surface area contributed by atoms with Gasteiger partial charge in [0, 0.05) is 29.5 Å². The maximum absolute atomic E-state index is 10.9. The van der Waals surface area contributed by atoms with Gasteiger partial charge in [-0.1, -0.05) is 54.1 Å². The second-order valence-corrected chi connectivity index (χ2v) is 6.77. The third-order valence-corrected chi connectivity index (χ3v) is 4.71. The van der Waals surface area contributed by atoms with Crippen molar-refractivity contribution in [3.05, 3.63) is 106 Å². The molecule has 0 bridgehead atoms. The van der Waals surface area contributed by atoms with Gasteiger partial charge in [0.2, 0.25) is 0 Å². The Bertz CT molecular complexity index is 1200. The molecule has 1 heterocycles. The molecule has 148 valence electrons. The molecule has 0 atom stereocenters. The highest BCUT2D eigenvalue weighted by Crippen LogP contribution is 2.24. The Morgan fingerprint density at radius 1 is 1.00 bits per heavy atom. The number of hydrazone groups is 1. The largest absolute Gasteiger partial charge is 0.277 e. The number of para-hydroxylation sites is 1. The van der Waals surface area contributed by atoms with Gasteiger partial charge in [0.1, 0.15) is 5.69 Å². The van der Waals surface area contributed by atoms with Crippen molar-refractivity contribution in [3.63, 3.8) is 0 Å². The van der Waals surface area contributed by atoms with Gasteiger partial charge >= 0.3 is 0 Å². The van der Waals surface area contributed by atoms with Crippen molar-refractivity contribution in [2.45, 2.75) is 0 Å². The fourth-order valence-electron chi connectivity index (χ4n) is 2.88. The van der Waals surface area contributed by atoms with Crippen molar-refractivity contribution < 1.29 is 4.92 Å². The Morgan fingerprint density at radius 2 is 1.70 bits per heavy atom. The summed E-state index contributed by atoms with van der Waals surface area (Å²) in [7, 11) is 0. The zero-order valence-corrected chi connectivity index (χ0v) is 16.4. The molecule has 4 aromatic rings. The number of halogens is 1. The van der Waals surface area contributed by atoms with Crippen LogP contribution in [-0.2, 0) is 0 Å². The third kappa shape index (κ3) is 4.21. The minimum atomic E-state index is -0.430. The van der Waals surface area contributed by atoms with Crippen molar-refractivity contribution in [2.75, 3.05) is 5.43 Å². The van der Waals surface area contributed by atoms with Gasteiger partial charge in [0.15, 0.2) is 0 Å². The molecule has 0 aliphatic rings. The van der Waals surface area contributed by atoms with Crippen LogP contribution in [0.3, 0.4) is 0 Å². The van der Waals surface area contributed by atoms with Gasteiger partial charge in [-0.25, -0.2) is 4.68 Å². The molecular formula is C22H16ClN5O2. The van der Waals surface area contributed by atoms with E-state index >= 15 is 0 Å². The van der Waals surface area contributed by atoms with E-state index < -0.39 is 4.92 Å². The number of nitro benzene ring substituents is 1. The minimum absolute atomic E-state index is 0.0277. The second-order valence-electron chi connectivity index (χ2n) is 6.37. The number of benzene rings is 3. The molecule has 0 spiro atoms. The highest BCUT2D eigenvalue weighted by Gasteiger charge is 2.12. The maximum Gasteiger partial charge on any atom is 0.269 e. The van der Waals surface area contributed by atoms with E-state index in [1.54, 1.807) is 29.1 Å². The van der Waals surface area contributed by atoms with Crippen LogP contribution < -0.4 is 5.43 Å². The highest BCUT2D eigenvalue weighted by atomic mass is 35.5. The average molecular weight is 418 g/mol. The summed E-state index contributed by atoms with van der Waals surface area (Å²) in [5.74, 6) is 0. The van der Waals surface area contributed by atoms with Crippen LogP contribution >= 0.6 is 11.6 Å². The molecule has 0 unspecified atom stereocenters. The molecule has 0 aliphatic heterocycles. The molecule has 30 heavy (non-hydrogen) atoms. The van der Waals surface area contributed by atoms with Crippen LogP contribution in [-0.4, -0.2) is 20.9 Å². The number of aromatic nitrogens is 2. The van der Waals surface area contributed by atoms with Gasteiger partial charge in [-0.2, -0.15) is 10.2 Å². The summed E-state index contributed by atoms with van der Waals surface area (Å²) in [5.41, 5.74) is 6.80. The number of non-ortho nitro benzene ring substituents is 1. The normalized spacial score (nSPS) is 11.0. The molecule has 0 amide bonds. The predicted octanol–water partition coefficient (Wildman–Crippen LogP) is 5.55. The Kier molecular flexibility index (Phi) is 5.54. The molecule has 8 heteroatoms. The van der Waals surface area contributed by atoms with E-state index in [9.17, 15) is 10.1 Å². The van der Waals surface area contributed by atoms with E-state index in [1.807, 2.05) is 54.7 Å². The van der Waals surface area contributed by atoms with Crippen molar-refractivity contribution >= 4 is 29.2 Å². The number of rotatable bonds is 6. The average Bonchev–Trinajstić information content (AvgIpc) is 3.20. The maximum atomic E-state index is 10.9. The number of nitrogens with one attached hydrogen (secondary N) is 1. The summed E-state index contributed by atoms with van der Waals surface area (Å²) >= 11 is 6.15. The third-order valence-electron chi connectivity index (χ3n) is 4.38. The van der Waals surface area contributed by atoms with Crippen LogP contribution in [0.4, 0.5) is 11.4 Å². The van der Waals surface area contributed by atoms with Gasteiger partial charge in [-0.3, -0.25) is 15.5 Å². The first-order valence-corrected chi connectivity index (χ1v) is 9.43. The van der Waals surface area contributed by atoms with Crippen molar-refractivity contribution in [1.29, 1.82) is 0 Å². The van der Waals surface area contributed by atoms with Gasteiger partial charge in [-0.05, 0) is 24.3 Å². The summed E-state index contributed by atoms with van der Waals surface area (Å²) in [6.45, 7) is 0. The lowest BCUT2D eigenvalue weighted by Gasteiger charge is -2.02. The van der Waals surface area contributed by atoms with E-state index in [1.165, 1.54) is 12.1 Å². The summed E-state index contributed by atoms with van der Waals surface area (Å²) < 4.78 is 1.67. The van der Waals surface area contributed by atoms with Crippen molar-refractivity contribution in [2.24, 2.45) is 5.10 Å². The zero-order valence-electron chi connectivity index (χ0n) is 15.6. The standard InChI is InChI=1S/C22H16ClN5O2/c23-20-8-4-5-9-21(20)25-24-14-17-15-27(18-10-12-19(13-11-18)28(29)30)26-22(17)16-6-2-1-3-7-16/h1-15,25H/b24-14+. The molecule has 1 N–H and O–H groups in total. The molecule has 7 nitrogen and oxygen atoms in total. The van der Waals surface area contributed by atoms with E-state index in [4.69, 9.17) is 11.6 Å². The van der Waals surface area contributed by atoms with E-state index in [2.05, 4.69) is 15.6 Å². The summed E-state index contributed by atoms with van der Waals surface area (Å²) in [6, 6.07) is 23.3. The summed E-state index contributed by atoms with van der Waals surface area (Å²) in [6.07, 6.45) is 3.49. The molecular weight excluding hydrogens is 402 g/mol. The molecule has 3 aromatic carbocycles. The molecule has 1 aromatic heterocycles. The summed E-state index contributed by atoms with van der Waals surface area (Å²) in [4.78, 5) is 10.5. The summed E-state index contributed by atoms with van der Waals surface area (Å²) in [5, 5.41) is 20.4. The topological polar surface area (TPSA) is 85.3 Å². The predicted molar refractivity (Wildman–Crippen MR) is 118 cm³/mol. The fraction of sp³-hybridized carbons (Fsp3) is 0. The van der Waals surface area contributed by atoms with Crippen LogP contribution in [0.25, 0.3) is 16.9 Å². The van der Waals surface area contributed by atoms with Gasteiger partial charge in [0.25, 0.3) is 5.69 Å². The Morgan fingerprint density at radius 3 is 2.40 bits per heavy atom. The number of anilines is 1. The Balaban J connectivity index is 1.68. The van der Waals surface area contributed by atoms with Crippen LogP contribution in [0.2, 0.25) is 5.02 Å². The Labute approximate surface area is 177 Å². The van der Waals surface area contributed by atoms with E-state index in [0.29, 0.717) is 16.4 Å². The molecule has 0 saturated heterocycles. The number of hydrogen-bond donors (Lipinski definition) is 1. The smallest absolute Gasteiger partial charge is 0.269 e. The Hall–Kier alpha value is -3.97. The lowest BCUT2D eigenvalue weighted by Crippen LogP contribution is -1.95. The molecule has 0 aliphatic carbocycles. The lowest BCUT2D eigenvalue weighted by molar-refractivity contribution is -0.384. The van der Waals surface area contributed by atoms with Crippen molar-refractivity contribution in [3.8, 4) is 16.9 Å². The van der Waals surface area contributed by atoms with Crippen LogP contribution in [0.5, 0.6) is 0 Å². The zero-order chi connectivity index (χ0) is 20.9. The second kappa shape index (κ2) is 8.59. The lowest BCUT2D eigenvalue weighted by atomic mass is 10.1. The van der Waals surface area contributed by atoms with Crippen LogP contribution in [0, 0.1) is 10.1 Å². The number of nitro groups is 1. The molecule has 0 radical (unpaired) electrons. The van der Waals surface area contributed by atoms with Crippen molar-refractivity contribution in [1.82, 2.24) is 9.78 Å². The van der Waals surface area contributed by atoms with Crippen LogP contribution in [0.1, 0.15) is 5.56 Å². The first-order valence-electron chi connectivity index (χ1n) is 9.05. The SMILES string of the molecule is O=[N+]([O-])c1ccc(-n2cc(/C=N/Nc3ccccc3Cl)c(-c3ccccc3)n2)cc1. The molecule has 4 rings (SSSR count).